The molecule has 1 aliphatic heterocycles. The van der Waals surface area contributed by atoms with Crippen LogP contribution in [0, 0.1) is 6.92 Å². The molecule has 1 fully saturated rings. The second-order valence-electron chi connectivity index (χ2n) is 8.69. The number of fused-ring (bicyclic) bond motifs is 1. The fourth-order valence-electron chi connectivity index (χ4n) is 4.18. The minimum Gasteiger partial charge on any atom is -0.444 e. The molecule has 1 aliphatic carbocycles. The maximum absolute atomic E-state index is 12.3. The van der Waals surface area contributed by atoms with Crippen molar-refractivity contribution in [3.8, 4) is 0 Å². The predicted octanol–water partition coefficient (Wildman–Crippen LogP) is 3.11. The van der Waals surface area contributed by atoms with Gasteiger partial charge in [-0.05, 0) is 52.5 Å². The molecule has 4 nitrogen and oxygen atoms in total. The summed E-state index contributed by atoms with van der Waals surface area (Å²) in [5, 5.41) is 0. The smallest absolute Gasteiger partial charge is 0.410 e. The zero-order chi connectivity index (χ0) is 18.9. The van der Waals surface area contributed by atoms with Crippen LogP contribution in [-0.4, -0.2) is 55.5 Å². The van der Waals surface area contributed by atoms with Crippen LogP contribution in [0.25, 0.3) is 0 Å². The molecule has 0 saturated carbocycles. The van der Waals surface area contributed by atoms with E-state index >= 15 is 0 Å². The van der Waals surface area contributed by atoms with E-state index in [0.717, 1.165) is 38.1 Å². The highest BCUT2D eigenvalue weighted by molar-refractivity contribution is 6.33. The molecule has 1 aromatic rings. The molecule has 0 bridgehead atoms. The summed E-state index contributed by atoms with van der Waals surface area (Å²) in [6, 6.07) is 4.83. The zero-order valence-corrected chi connectivity index (χ0v) is 16.7. The number of ether oxygens (including phenoxy) is 1. The zero-order valence-electron chi connectivity index (χ0n) is 16.7. The van der Waals surface area contributed by atoms with Crippen molar-refractivity contribution in [3.63, 3.8) is 0 Å². The Morgan fingerprint density at radius 1 is 1.15 bits per heavy atom. The van der Waals surface area contributed by atoms with Crippen LogP contribution in [0.2, 0.25) is 0 Å². The van der Waals surface area contributed by atoms with Gasteiger partial charge < -0.3 is 9.64 Å². The Balaban J connectivity index is 1.71. The fraction of sp³-hybridized carbons (Fsp3) is 0.667. The van der Waals surface area contributed by atoms with Crippen LogP contribution in [0.5, 0.6) is 0 Å². The van der Waals surface area contributed by atoms with E-state index in [1.807, 2.05) is 25.7 Å². The highest BCUT2D eigenvalue weighted by Crippen LogP contribution is 2.33. The summed E-state index contributed by atoms with van der Waals surface area (Å²) in [5.41, 5.74) is 4.49. The summed E-state index contributed by atoms with van der Waals surface area (Å²) >= 11 is 0. The lowest BCUT2D eigenvalue weighted by atomic mass is 9.83. The molecule has 0 N–H and O–H groups in total. The van der Waals surface area contributed by atoms with Gasteiger partial charge in [0.25, 0.3) is 0 Å². The van der Waals surface area contributed by atoms with Gasteiger partial charge in [-0.15, -0.1) is 0 Å². The lowest BCUT2D eigenvalue weighted by molar-refractivity contribution is 0.00970. The monoisotopic (exact) mass is 354 g/mol. The van der Waals surface area contributed by atoms with E-state index in [1.54, 1.807) is 0 Å². The Morgan fingerprint density at radius 2 is 1.85 bits per heavy atom. The average molecular weight is 354 g/mol. The number of benzene rings is 1. The third-order valence-corrected chi connectivity index (χ3v) is 5.38. The highest BCUT2D eigenvalue weighted by atomic mass is 16.6. The molecule has 0 spiro atoms. The Morgan fingerprint density at radius 3 is 2.50 bits per heavy atom. The third kappa shape index (κ3) is 4.43. The number of nitrogens with zero attached hydrogens (tertiary/aromatic N) is 2. The van der Waals surface area contributed by atoms with E-state index in [1.165, 1.54) is 36.0 Å². The minimum absolute atomic E-state index is 0.196. The van der Waals surface area contributed by atoms with Gasteiger partial charge in [0.05, 0.1) is 0 Å². The molecule has 5 heteroatoms. The molecular weight excluding hydrogens is 323 g/mol. The van der Waals surface area contributed by atoms with Gasteiger partial charge in [-0.25, -0.2) is 4.79 Å². The first kappa shape index (κ1) is 19.3. The van der Waals surface area contributed by atoms with Gasteiger partial charge in [0.2, 0.25) is 0 Å². The van der Waals surface area contributed by atoms with Crippen molar-refractivity contribution in [2.24, 2.45) is 0 Å². The first-order chi connectivity index (χ1) is 12.2. The molecule has 1 atom stereocenters. The SMILES string of the molecule is [B]c1cc(C)cc2c1CCCCC2N1CCN(C(=O)OC(C)(C)C)CC1. The van der Waals surface area contributed by atoms with E-state index in [0.29, 0.717) is 6.04 Å². The summed E-state index contributed by atoms with van der Waals surface area (Å²) in [6.45, 7) is 11.1. The predicted molar refractivity (Wildman–Crippen MR) is 106 cm³/mol. The number of hydrogen-bond acceptors (Lipinski definition) is 3. The van der Waals surface area contributed by atoms with Crippen LogP contribution < -0.4 is 5.46 Å². The normalized spacial score (nSPS) is 21.8. The lowest BCUT2D eigenvalue weighted by Crippen LogP contribution is -2.51. The van der Waals surface area contributed by atoms with E-state index in [4.69, 9.17) is 12.6 Å². The largest absolute Gasteiger partial charge is 0.444 e. The molecule has 1 saturated heterocycles. The summed E-state index contributed by atoms with van der Waals surface area (Å²) in [4.78, 5) is 16.7. The van der Waals surface area contributed by atoms with Crippen LogP contribution in [0.15, 0.2) is 12.1 Å². The number of carbonyl (C=O) groups excluding carboxylic acids is 1. The van der Waals surface area contributed by atoms with Crippen LogP contribution >= 0.6 is 0 Å². The van der Waals surface area contributed by atoms with E-state index in [9.17, 15) is 4.79 Å². The van der Waals surface area contributed by atoms with E-state index < -0.39 is 5.60 Å². The Hall–Kier alpha value is -1.49. The molecule has 3 rings (SSSR count). The van der Waals surface area contributed by atoms with Gasteiger partial charge in [0.1, 0.15) is 13.4 Å². The maximum atomic E-state index is 12.3. The molecule has 1 aromatic carbocycles. The Labute approximate surface area is 159 Å². The minimum atomic E-state index is -0.441. The van der Waals surface area contributed by atoms with Crippen molar-refractivity contribution in [2.75, 3.05) is 26.2 Å². The summed E-state index contributed by atoms with van der Waals surface area (Å²) in [5.74, 6) is 0. The van der Waals surface area contributed by atoms with E-state index in [-0.39, 0.29) is 6.09 Å². The summed E-state index contributed by atoms with van der Waals surface area (Å²) < 4.78 is 5.52. The lowest BCUT2D eigenvalue weighted by Gasteiger charge is -2.40. The van der Waals surface area contributed by atoms with Gasteiger partial charge >= 0.3 is 6.09 Å². The molecule has 0 aromatic heterocycles. The number of piperazine rings is 1. The van der Waals surface area contributed by atoms with Crippen molar-refractivity contribution < 1.29 is 9.53 Å². The van der Waals surface area contributed by atoms with Crippen LogP contribution in [-0.2, 0) is 11.2 Å². The standard InChI is InChI=1S/C21H31BN2O2/c1-15-13-17-16(18(22)14-15)7-5-6-8-19(17)23-9-11-24(12-10-23)20(25)26-21(2,3)4/h13-14,19H,5-12H2,1-4H3. The van der Waals surface area contributed by atoms with Crippen LogP contribution in [0.4, 0.5) is 4.79 Å². The average Bonchev–Trinajstić information content (AvgIpc) is 2.76. The maximum Gasteiger partial charge on any atom is 0.410 e. The van der Waals surface area contributed by atoms with Gasteiger partial charge in [-0.3, -0.25) is 4.90 Å². The van der Waals surface area contributed by atoms with Crippen molar-refractivity contribution in [1.82, 2.24) is 9.80 Å². The third-order valence-electron chi connectivity index (χ3n) is 5.38. The Bertz CT molecular complexity index is 661. The second-order valence-corrected chi connectivity index (χ2v) is 8.69. The molecule has 140 valence electrons. The summed E-state index contributed by atoms with van der Waals surface area (Å²) in [7, 11) is 6.34. The number of carbonyl (C=O) groups is 1. The van der Waals surface area contributed by atoms with Gasteiger partial charge in [0.15, 0.2) is 0 Å². The first-order valence-corrected chi connectivity index (χ1v) is 9.85. The van der Waals surface area contributed by atoms with Crippen molar-refractivity contribution in [3.05, 3.63) is 28.8 Å². The highest BCUT2D eigenvalue weighted by Gasteiger charge is 2.31. The molecule has 1 heterocycles. The molecule has 26 heavy (non-hydrogen) atoms. The first-order valence-electron chi connectivity index (χ1n) is 9.85. The van der Waals surface area contributed by atoms with Crippen molar-refractivity contribution >= 4 is 19.4 Å². The molecule has 2 radical (unpaired) electrons. The molecule has 1 amide bonds. The van der Waals surface area contributed by atoms with Crippen LogP contribution in [0.1, 0.15) is 62.8 Å². The molecule has 1 unspecified atom stereocenters. The Kier molecular flexibility index (Phi) is 5.66. The van der Waals surface area contributed by atoms with Gasteiger partial charge in [-0.1, -0.05) is 35.1 Å². The molecule has 2 aliphatic rings. The number of amides is 1. The van der Waals surface area contributed by atoms with Crippen molar-refractivity contribution in [2.45, 2.75) is 65.0 Å². The topological polar surface area (TPSA) is 32.8 Å². The number of rotatable bonds is 1. The van der Waals surface area contributed by atoms with Crippen molar-refractivity contribution in [1.29, 1.82) is 0 Å². The summed E-state index contributed by atoms with van der Waals surface area (Å²) in [6.07, 6.45) is 4.48. The van der Waals surface area contributed by atoms with Gasteiger partial charge in [0, 0.05) is 32.2 Å². The fourth-order valence-corrected chi connectivity index (χ4v) is 4.18. The quantitative estimate of drug-likeness (QED) is 0.574. The van der Waals surface area contributed by atoms with Crippen LogP contribution in [0.3, 0.4) is 0 Å². The van der Waals surface area contributed by atoms with E-state index in [2.05, 4.69) is 24.0 Å². The second kappa shape index (κ2) is 7.63. The number of aryl methyl sites for hydroxylation is 1. The molecular formula is C21H31BN2O2. The number of hydrogen-bond donors (Lipinski definition) is 0. The van der Waals surface area contributed by atoms with Gasteiger partial charge in [-0.2, -0.15) is 0 Å².